The molecule has 6 nitrogen and oxygen atoms in total. The number of nitrogens with zero attached hydrogens (tertiary/aromatic N) is 1. The normalized spacial score (nSPS) is 15.5. The minimum Gasteiger partial charge on any atom is -0.490 e. The van der Waals surface area contributed by atoms with Gasteiger partial charge in [0.25, 0.3) is 5.91 Å². The zero-order valence-corrected chi connectivity index (χ0v) is 17.4. The van der Waals surface area contributed by atoms with Crippen LogP contribution >= 0.6 is 0 Å². The molecule has 3 aromatic rings. The Kier molecular flexibility index (Phi) is 5.48. The molecule has 1 amide bonds. The van der Waals surface area contributed by atoms with Gasteiger partial charge in [0.2, 0.25) is 5.76 Å². The molecule has 2 aromatic carbocycles. The highest BCUT2D eigenvalue weighted by Crippen LogP contribution is 2.40. The van der Waals surface area contributed by atoms with Gasteiger partial charge in [-0.2, -0.15) is 0 Å². The summed E-state index contributed by atoms with van der Waals surface area (Å²) in [6, 6.07) is 12.0. The summed E-state index contributed by atoms with van der Waals surface area (Å²) in [4.78, 5) is 27.7. The lowest BCUT2D eigenvalue weighted by atomic mass is 9.98. The molecule has 4 rings (SSSR count). The number of hydrogen-bond acceptors (Lipinski definition) is 5. The van der Waals surface area contributed by atoms with Crippen molar-refractivity contribution >= 4 is 16.9 Å². The number of carbonyl (C=O) groups is 1. The van der Waals surface area contributed by atoms with E-state index in [9.17, 15) is 9.59 Å². The predicted octanol–water partition coefficient (Wildman–Crippen LogP) is 4.55. The number of ether oxygens (including phenoxy) is 2. The zero-order valence-electron chi connectivity index (χ0n) is 17.4. The standard InChI is InChI=1S/C24H25NO5/c1-4-6-13-29-18-12-11-15(14-19(18)28-5-2)21-20-22(26)16-9-7-8-10-17(16)30-23(20)24(27)25(21)3/h7-12,14,21H,4-6,13H2,1-3H3. The van der Waals surface area contributed by atoms with Gasteiger partial charge >= 0.3 is 0 Å². The Morgan fingerprint density at radius 3 is 2.60 bits per heavy atom. The second-order valence-electron chi connectivity index (χ2n) is 7.33. The van der Waals surface area contributed by atoms with Crippen molar-refractivity contribution in [2.75, 3.05) is 20.3 Å². The van der Waals surface area contributed by atoms with Crippen LogP contribution in [0.4, 0.5) is 0 Å². The Morgan fingerprint density at radius 1 is 1.03 bits per heavy atom. The zero-order chi connectivity index (χ0) is 21.3. The predicted molar refractivity (Wildman–Crippen MR) is 114 cm³/mol. The van der Waals surface area contributed by atoms with E-state index in [1.165, 1.54) is 4.90 Å². The smallest absolute Gasteiger partial charge is 0.290 e. The Bertz CT molecular complexity index is 1150. The third kappa shape index (κ3) is 3.32. The van der Waals surface area contributed by atoms with E-state index < -0.39 is 6.04 Å². The molecule has 1 aliphatic heterocycles. The van der Waals surface area contributed by atoms with Crippen LogP contribution in [-0.2, 0) is 0 Å². The van der Waals surface area contributed by atoms with Crippen LogP contribution in [0.5, 0.6) is 11.5 Å². The van der Waals surface area contributed by atoms with Crippen molar-refractivity contribution in [1.82, 2.24) is 4.90 Å². The first-order valence-corrected chi connectivity index (χ1v) is 10.3. The summed E-state index contributed by atoms with van der Waals surface area (Å²) in [5, 5.41) is 0.467. The first-order chi connectivity index (χ1) is 14.6. The fourth-order valence-electron chi connectivity index (χ4n) is 3.83. The Labute approximate surface area is 175 Å². The number of carbonyl (C=O) groups excluding carboxylic acids is 1. The van der Waals surface area contributed by atoms with Gasteiger partial charge in [0, 0.05) is 7.05 Å². The topological polar surface area (TPSA) is 69.0 Å². The molecule has 30 heavy (non-hydrogen) atoms. The number of benzene rings is 2. The highest BCUT2D eigenvalue weighted by Gasteiger charge is 2.40. The quantitative estimate of drug-likeness (QED) is 0.538. The summed E-state index contributed by atoms with van der Waals surface area (Å²) in [5.74, 6) is 1.06. The molecule has 0 aliphatic carbocycles. The van der Waals surface area contributed by atoms with Gasteiger partial charge in [0.05, 0.1) is 30.2 Å². The van der Waals surface area contributed by atoms with Gasteiger partial charge < -0.3 is 18.8 Å². The molecule has 1 aliphatic rings. The van der Waals surface area contributed by atoms with Gasteiger partial charge in [-0.25, -0.2) is 0 Å². The summed E-state index contributed by atoms with van der Waals surface area (Å²) in [6.07, 6.45) is 1.99. The van der Waals surface area contributed by atoms with E-state index in [2.05, 4.69) is 6.92 Å². The van der Waals surface area contributed by atoms with Crippen LogP contribution in [0, 0.1) is 0 Å². The summed E-state index contributed by atoms with van der Waals surface area (Å²) >= 11 is 0. The third-order valence-corrected chi connectivity index (χ3v) is 5.35. The van der Waals surface area contributed by atoms with E-state index in [1.54, 1.807) is 31.3 Å². The molecule has 1 atom stereocenters. The first-order valence-electron chi connectivity index (χ1n) is 10.3. The molecule has 1 unspecified atom stereocenters. The van der Waals surface area contributed by atoms with Crippen LogP contribution in [0.15, 0.2) is 51.7 Å². The van der Waals surface area contributed by atoms with Crippen molar-refractivity contribution in [2.24, 2.45) is 0 Å². The molecule has 0 fully saturated rings. The average molecular weight is 407 g/mol. The lowest BCUT2D eigenvalue weighted by Crippen LogP contribution is -2.25. The first kappa shape index (κ1) is 20.0. The number of para-hydroxylation sites is 1. The molecule has 0 spiro atoms. The molecule has 1 aromatic heterocycles. The molecule has 0 radical (unpaired) electrons. The van der Waals surface area contributed by atoms with E-state index in [0.717, 1.165) is 18.4 Å². The van der Waals surface area contributed by atoms with Crippen LogP contribution in [-0.4, -0.2) is 31.1 Å². The van der Waals surface area contributed by atoms with Crippen molar-refractivity contribution in [2.45, 2.75) is 32.7 Å². The van der Waals surface area contributed by atoms with Crippen LogP contribution in [0.3, 0.4) is 0 Å². The fraction of sp³-hybridized carbons (Fsp3) is 0.333. The van der Waals surface area contributed by atoms with Crippen LogP contribution < -0.4 is 14.9 Å². The molecule has 0 saturated heterocycles. The van der Waals surface area contributed by atoms with E-state index >= 15 is 0 Å². The van der Waals surface area contributed by atoms with Gasteiger partial charge in [-0.3, -0.25) is 9.59 Å². The van der Waals surface area contributed by atoms with E-state index in [-0.39, 0.29) is 17.1 Å². The summed E-state index contributed by atoms with van der Waals surface area (Å²) in [6.45, 7) is 5.10. The number of amides is 1. The van der Waals surface area contributed by atoms with Crippen LogP contribution in [0.25, 0.3) is 11.0 Å². The van der Waals surface area contributed by atoms with E-state index in [4.69, 9.17) is 13.9 Å². The number of unbranched alkanes of at least 4 members (excludes halogenated alkanes) is 1. The Hall–Kier alpha value is -3.28. The molecule has 156 valence electrons. The maximum Gasteiger partial charge on any atom is 0.290 e. The monoisotopic (exact) mass is 407 g/mol. The minimum absolute atomic E-state index is 0.104. The Morgan fingerprint density at radius 2 is 1.83 bits per heavy atom. The lowest BCUT2D eigenvalue weighted by molar-refractivity contribution is 0.0771. The van der Waals surface area contributed by atoms with Gasteiger partial charge in [-0.05, 0) is 43.2 Å². The maximum atomic E-state index is 13.3. The summed E-state index contributed by atoms with van der Waals surface area (Å²) < 4.78 is 17.5. The molecular formula is C24H25NO5. The number of fused-ring (bicyclic) bond motifs is 2. The largest absolute Gasteiger partial charge is 0.490 e. The third-order valence-electron chi connectivity index (χ3n) is 5.35. The molecular weight excluding hydrogens is 382 g/mol. The summed E-state index contributed by atoms with van der Waals surface area (Å²) in [7, 11) is 1.68. The molecule has 2 heterocycles. The highest BCUT2D eigenvalue weighted by atomic mass is 16.5. The van der Waals surface area contributed by atoms with Crippen molar-refractivity contribution in [3.63, 3.8) is 0 Å². The van der Waals surface area contributed by atoms with E-state index in [0.29, 0.717) is 41.2 Å². The number of hydrogen-bond donors (Lipinski definition) is 0. The SMILES string of the molecule is CCCCOc1ccc(C2c3c(oc4ccccc4c3=O)C(=O)N2C)cc1OCC. The van der Waals surface area contributed by atoms with Crippen LogP contribution in [0.1, 0.15) is 54.4 Å². The average Bonchev–Trinajstić information content (AvgIpc) is 3.00. The van der Waals surface area contributed by atoms with E-state index in [1.807, 2.05) is 25.1 Å². The van der Waals surface area contributed by atoms with Gasteiger partial charge in [0.1, 0.15) is 5.58 Å². The second kappa shape index (κ2) is 8.22. The second-order valence-corrected chi connectivity index (χ2v) is 7.33. The van der Waals surface area contributed by atoms with Crippen LogP contribution in [0.2, 0.25) is 0 Å². The van der Waals surface area contributed by atoms with Crippen molar-refractivity contribution in [3.8, 4) is 11.5 Å². The molecule has 6 heteroatoms. The van der Waals surface area contributed by atoms with Gasteiger partial charge in [0.15, 0.2) is 16.9 Å². The molecule has 0 N–H and O–H groups in total. The van der Waals surface area contributed by atoms with Crippen molar-refractivity contribution in [3.05, 3.63) is 69.6 Å². The number of rotatable bonds is 7. The van der Waals surface area contributed by atoms with Crippen molar-refractivity contribution < 1.29 is 18.7 Å². The molecule has 0 saturated carbocycles. The van der Waals surface area contributed by atoms with Crippen molar-refractivity contribution in [1.29, 1.82) is 0 Å². The van der Waals surface area contributed by atoms with Gasteiger partial charge in [-0.1, -0.05) is 31.5 Å². The van der Waals surface area contributed by atoms with Gasteiger partial charge in [-0.15, -0.1) is 0 Å². The lowest BCUT2D eigenvalue weighted by Gasteiger charge is -2.22. The molecule has 0 bridgehead atoms. The summed E-state index contributed by atoms with van der Waals surface area (Å²) in [5.41, 5.74) is 1.37. The fourth-order valence-corrected chi connectivity index (χ4v) is 3.83. The minimum atomic E-state index is -0.544. The highest BCUT2D eigenvalue weighted by molar-refractivity contribution is 5.98. The maximum absolute atomic E-state index is 13.3. The Balaban J connectivity index is 1.82.